The molecule has 0 amide bonds. The van der Waals surface area contributed by atoms with Gasteiger partial charge in [0.2, 0.25) is 11.6 Å². The number of nitrogens with zero attached hydrogens (tertiary/aromatic N) is 1. The van der Waals surface area contributed by atoms with E-state index >= 15 is 0 Å². The van der Waals surface area contributed by atoms with Gasteiger partial charge in [-0.3, -0.25) is 4.79 Å². The summed E-state index contributed by atoms with van der Waals surface area (Å²) in [5, 5.41) is 0. The highest BCUT2D eigenvalue weighted by Crippen LogP contribution is 2.11. The largest absolute Gasteiger partial charge is 0.383 e. The van der Waals surface area contributed by atoms with Crippen molar-refractivity contribution in [2.45, 2.75) is 12.7 Å². The van der Waals surface area contributed by atoms with Crippen LogP contribution in [-0.2, 0) is 14.3 Å². The number of hydrogen-bond donors (Lipinski definition) is 0. The fourth-order valence-electron chi connectivity index (χ4n) is 0.653. The van der Waals surface area contributed by atoms with E-state index in [2.05, 4.69) is 0 Å². The first-order valence-electron chi connectivity index (χ1n) is 3.95. The molecule has 0 aromatic rings. The summed E-state index contributed by atoms with van der Waals surface area (Å²) in [5.74, 6) is -1.39. The Bertz CT molecular complexity index is 195. The Kier molecular flexibility index (Phi) is 4.66. The molecule has 0 aliphatic carbocycles. The summed E-state index contributed by atoms with van der Waals surface area (Å²) in [7, 11) is 6.54. The van der Waals surface area contributed by atoms with Crippen LogP contribution in [0.3, 0.4) is 0 Å². The zero-order valence-electron chi connectivity index (χ0n) is 8.83. The summed E-state index contributed by atoms with van der Waals surface area (Å²) in [6.45, 7) is 1.58. The van der Waals surface area contributed by atoms with Crippen molar-refractivity contribution in [2.75, 3.05) is 28.3 Å². The van der Waals surface area contributed by atoms with Crippen LogP contribution < -0.4 is 0 Å². The summed E-state index contributed by atoms with van der Waals surface area (Å²) >= 11 is 0. The van der Waals surface area contributed by atoms with Crippen LogP contribution in [0.2, 0.25) is 0 Å². The molecule has 0 atom stereocenters. The number of ketones is 1. The topological polar surface area (TPSA) is 38.8 Å². The minimum absolute atomic E-state index is 0.216. The van der Waals surface area contributed by atoms with Gasteiger partial charge in [-0.05, 0) is 6.92 Å². The third-order valence-corrected chi connectivity index (χ3v) is 1.75. The summed E-state index contributed by atoms with van der Waals surface area (Å²) in [5.41, 5.74) is 0. The fraction of sp³-hybridized carbons (Fsp3) is 0.667. The molecule has 0 saturated carbocycles. The van der Waals surface area contributed by atoms with Gasteiger partial charge in [-0.25, -0.2) is 0 Å². The number of rotatable bonds is 5. The molecule has 0 aromatic carbocycles. The van der Waals surface area contributed by atoms with E-state index in [1.807, 2.05) is 14.1 Å². The molecule has 0 rings (SSSR count). The summed E-state index contributed by atoms with van der Waals surface area (Å²) in [6.07, 6.45) is 3.08. The van der Waals surface area contributed by atoms with Crippen molar-refractivity contribution in [3.8, 4) is 0 Å². The highest BCUT2D eigenvalue weighted by atomic mass is 16.7. The van der Waals surface area contributed by atoms with Crippen LogP contribution in [0.4, 0.5) is 0 Å². The average molecular weight is 187 g/mol. The first kappa shape index (κ1) is 12.1. The van der Waals surface area contributed by atoms with Crippen LogP contribution in [0.5, 0.6) is 0 Å². The van der Waals surface area contributed by atoms with E-state index in [0.29, 0.717) is 0 Å². The van der Waals surface area contributed by atoms with Crippen LogP contribution in [-0.4, -0.2) is 44.8 Å². The van der Waals surface area contributed by atoms with E-state index in [1.54, 1.807) is 18.0 Å². The molecule has 0 fully saturated rings. The quantitative estimate of drug-likeness (QED) is 0.467. The van der Waals surface area contributed by atoms with E-state index < -0.39 is 5.79 Å². The normalized spacial score (nSPS) is 12.1. The SMILES string of the molecule is COC(C)(OC)C(=O)C=CN(C)C. The van der Waals surface area contributed by atoms with Crippen LogP contribution >= 0.6 is 0 Å². The maximum atomic E-state index is 11.5. The average Bonchev–Trinajstić information content (AvgIpc) is 2.12. The summed E-state index contributed by atoms with van der Waals surface area (Å²) in [6, 6.07) is 0. The van der Waals surface area contributed by atoms with Crippen molar-refractivity contribution in [3.05, 3.63) is 12.3 Å². The number of hydrogen-bond acceptors (Lipinski definition) is 4. The van der Waals surface area contributed by atoms with Crippen LogP contribution in [0, 0.1) is 0 Å². The van der Waals surface area contributed by atoms with Gasteiger partial charge < -0.3 is 14.4 Å². The molecule has 0 radical (unpaired) electrons. The predicted octanol–water partition coefficient (Wildman–Crippen LogP) is 0.640. The van der Waals surface area contributed by atoms with Gasteiger partial charge in [0.1, 0.15) is 0 Å². The molecule has 0 aromatic heterocycles. The Balaban J connectivity index is 4.40. The standard InChI is InChI=1S/C9H17NO3/c1-9(12-4,13-5)8(11)6-7-10(2)3/h6-7H,1-5H3. The highest BCUT2D eigenvalue weighted by molar-refractivity contribution is 5.95. The molecule has 0 heterocycles. The molecule has 0 bridgehead atoms. The molecule has 76 valence electrons. The Morgan fingerprint density at radius 1 is 1.31 bits per heavy atom. The monoisotopic (exact) mass is 187 g/mol. The molecule has 0 saturated heterocycles. The zero-order valence-corrected chi connectivity index (χ0v) is 8.83. The van der Waals surface area contributed by atoms with Crippen molar-refractivity contribution < 1.29 is 14.3 Å². The molecule has 0 aliphatic rings. The van der Waals surface area contributed by atoms with E-state index in [1.165, 1.54) is 20.3 Å². The van der Waals surface area contributed by atoms with Gasteiger partial charge in [-0.2, -0.15) is 0 Å². The molecule has 0 spiro atoms. The number of ether oxygens (including phenoxy) is 2. The molecular formula is C9H17NO3. The highest BCUT2D eigenvalue weighted by Gasteiger charge is 2.30. The van der Waals surface area contributed by atoms with Gasteiger partial charge in [-0.15, -0.1) is 0 Å². The second kappa shape index (κ2) is 4.99. The third-order valence-electron chi connectivity index (χ3n) is 1.75. The van der Waals surface area contributed by atoms with Crippen molar-refractivity contribution in [1.29, 1.82) is 0 Å². The lowest BCUT2D eigenvalue weighted by Crippen LogP contribution is -2.38. The smallest absolute Gasteiger partial charge is 0.229 e. The van der Waals surface area contributed by atoms with E-state index in [4.69, 9.17) is 9.47 Å². The molecule has 0 aliphatic heterocycles. The van der Waals surface area contributed by atoms with Crippen LogP contribution in [0.1, 0.15) is 6.92 Å². The zero-order chi connectivity index (χ0) is 10.5. The number of carbonyl (C=O) groups is 1. The van der Waals surface area contributed by atoms with Gasteiger partial charge in [0.25, 0.3) is 0 Å². The molecule has 0 N–H and O–H groups in total. The van der Waals surface area contributed by atoms with Gasteiger partial charge in [-0.1, -0.05) is 0 Å². The second-order valence-electron chi connectivity index (χ2n) is 3.00. The molecule has 0 unspecified atom stereocenters. The summed E-state index contributed by atoms with van der Waals surface area (Å²) in [4.78, 5) is 13.2. The number of methoxy groups -OCH3 is 2. The van der Waals surface area contributed by atoms with Crippen molar-refractivity contribution in [3.63, 3.8) is 0 Å². The summed E-state index contributed by atoms with van der Waals surface area (Å²) < 4.78 is 9.88. The maximum Gasteiger partial charge on any atom is 0.229 e. The Labute approximate surface area is 79.1 Å². The Morgan fingerprint density at radius 3 is 2.08 bits per heavy atom. The molecule has 13 heavy (non-hydrogen) atoms. The van der Waals surface area contributed by atoms with Gasteiger partial charge in [0.05, 0.1) is 0 Å². The lowest BCUT2D eigenvalue weighted by Gasteiger charge is -2.22. The lowest BCUT2D eigenvalue weighted by atomic mass is 10.2. The first-order valence-corrected chi connectivity index (χ1v) is 3.95. The van der Waals surface area contributed by atoms with Crippen molar-refractivity contribution in [2.24, 2.45) is 0 Å². The van der Waals surface area contributed by atoms with E-state index in [-0.39, 0.29) is 5.78 Å². The fourth-order valence-corrected chi connectivity index (χ4v) is 0.653. The minimum Gasteiger partial charge on any atom is -0.383 e. The van der Waals surface area contributed by atoms with Crippen molar-refractivity contribution >= 4 is 5.78 Å². The Hall–Kier alpha value is -0.870. The molecule has 4 nitrogen and oxygen atoms in total. The second-order valence-corrected chi connectivity index (χ2v) is 3.00. The van der Waals surface area contributed by atoms with E-state index in [9.17, 15) is 4.79 Å². The van der Waals surface area contributed by atoms with Crippen LogP contribution in [0.25, 0.3) is 0 Å². The van der Waals surface area contributed by atoms with E-state index in [0.717, 1.165) is 0 Å². The minimum atomic E-state index is -1.17. The Morgan fingerprint density at radius 2 is 1.77 bits per heavy atom. The van der Waals surface area contributed by atoms with Crippen molar-refractivity contribution in [1.82, 2.24) is 4.90 Å². The molecule has 4 heteroatoms. The lowest BCUT2D eigenvalue weighted by molar-refractivity contribution is -0.194. The maximum absolute atomic E-state index is 11.5. The first-order chi connectivity index (χ1) is 5.96. The van der Waals surface area contributed by atoms with Gasteiger partial charge in [0, 0.05) is 40.6 Å². The predicted molar refractivity (Wildman–Crippen MR) is 50.3 cm³/mol. The van der Waals surface area contributed by atoms with Gasteiger partial charge >= 0.3 is 0 Å². The number of carbonyl (C=O) groups excluding carboxylic acids is 1. The molecular weight excluding hydrogens is 170 g/mol. The van der Waals surface area contributed by atoms with Gasteiger partial charge in [0.15, 0.2) is 0 Å². The third kappa shape index (κ3) is 3.57. The van der Waals surface area contributed by atoms with Crippen LogP contribution in [0.15, 0.2) is 12.3 Å².